The standard InChI is InChI=1S/C19H17ClN4O4/c20-10-6-7-12-13(8-10)21-16-15(18(28)17(27)14(26)9-25)23-24(19(16)22-12)11-4-2-1-3-5-11/h1-8,14,17-18,25-28H,9H2. The Morgan fingerprint density at radius 1 is 0.964 bits per heavy atom. The number of para-hydroxylation sites is 1. The van der Waals surface area contributed by atoms with Gasteiger partial charge < -0.3 is 20.4 Å². The molecule has 0 aliphatic carbocycles. The zero-order chi connectivity index (χ0) is 19.8. The molecule has 0 radical (unpaired) electrons. The number of benzene rings is 2. The molecule has 4 aromatic rings. The molecule has 3 unspecified atom stereocenters. The van der Waals surface area contributed by atoms with E-state index in [1.807, 2.05) is 30.3 Å². The second-order valence-electron chi connectivity index (χ2n) is 6.35. The van der Waals surface area contributed by atoms with Crippen molar-refractivity contribution in [2.24, 2.45) is 0 Å². The first-order valence-corrected chi connectivity index (χ1v) is 8.94. The molecule has 0 aliphatic heterocycles. The summed E-state index contributed by atoms with van der Waals surface area (Å²) >= 11 is 6.05. The highest BCUT2D eigenvalue weighted by Crippen LogP contribution is 2.29. The second-order valence-corrected chi connectivity index (χ2v) is 6.78. The normalized spacial score (nSPS) is 15.0. The third kappa shape index (κ3) is 3.21. The first-order chi connectivity index (χ1) is 13.5. The molecular formula is C19H17ClN4O4. The van der Waals surface area contributed by atoms with Crippen molar-refractivity contribution in [2.75, 3.05) is 6.61 Å². The lowest BCUT2D eigenvalue weighted by molar-refractivity contribution is -0.0786. The number of hydrogen-bond acceptors (Lipinski definition) is 7. The minimum absolute atomic E-state index is 0.0354. The van der Waals surface area contributed by atoms with Crippen molar-refractivity contribution in [1.82, 2.24) is 19.7 Å². The molecule has 144 valence electrons. The van der Waals surface area contributed by atoms with Crippen molar-refractivity contribution >= 4 is 33.8 Å². The number of aliphatic hydroxyl groups excluding tert-OH is 4. The summed E-state index contributed by atoms with van der Waals surface area (Å²) in [7, 11) is 0. The van der Waals surface area contributed by atoms with Gasteiger partial charge in [0, 0.05) is 5.02 Å². The van der Waals surface area contributed by atoms with Gasteiger partial charge in [-0.1, -0.05) is 29.8 Å². The van der Waals surface area contributed by atoms with Crippen LogP contribution in [0.15, 0.2) is 48.5 Å². The van der Waals surface area contributed by atoms with Gasteiger partial charge in [0.1, 0.15) is 29.5 Å². The van der Waals surface area contributed by atoms with Gasteiger partial charge in [-0.2, -0.15) is 5.10 Å². The Hall–Kier alpha value is -2.62. The summed E-state index contributed by atoms with van der Waals surface area (Å²) in [6.45, 7) is -0.709. The van der Waals surface area contributed by atoms with Gasteiger partial charge in [-0.25, -0.2) is 14.6 Å². The molecule has 0 aliphatic rings. The Labute approximate surface area is 164 Å². The number of halogens is 1. The summed E-state index contributed by atoms with van der Waals surface area (Å²) in [4.78, 5) is 9.12. The summed E-state index contributed by atoms with van der Waals surface area (Å²) in [5, 5.41) is 44.4. The quantitative estimate of drug-likeness (QED) is 0.398. The monoisotopic (exact) mass is 400 g/mol. The Morgan fingerprint density at radius 3 is 2.43 bits per heavy atom. The highest BCUT2D eigenvalue weighted by Gasteiger charge is 2.31. The van der Waals surface area contributed by atoms with Crippen LogP contribution in [0, 0.1) is 0 Å². The first kappa shape index (κ1) is 18.7. The molecule has 4 rings (SSSR count). The molecule has 28 heavy (non-hydrogen) atoms. The molecule has 2 heterocycles. The van der Waals surface area contributed by atoms with Crippen LogP contribution in [0.2, 0.25) is 5.02 Å². The van der Waals surface area contributed by atoms with E-state index in [9.17, 15) is 15.3 Å². The molecule has 0 saturated heterocycles. The maximum absolute atomic E-state index is 10.6. The molecule has 2 aromatic carbocycles. The van der Waals surface area contributed by atoms with Crippen LogP contribution < -0.4 is 0 Å². The molecule has 0 saturated carbocycles. The molecule has 0 amide bonds. The Balaban J connectivity index is 1.98. The van der Waals surface area contributed by atoms with Crippen LogP contribution in [0.1, 0.15) is 11.8 Å². The van der Waals surface area contributed by atoms with Gasteiger partial charge in [0.05, 0.1) is 23.3 Å². The van der Waals surface area contributed by atoms with Gasteiger partial charge in [0.2, 0.25) is 0 Å². The predicted octanol–water partition coefficient (Wildman–Crippen LogP) is 1.37. The largest absolute Gasteiger partial charge is 0.394 e. The number of aromatic nitrogens is 4. The fraction of sp³-hybridized carbons (Fsp3) is 0.211. The van der Waals surface area contributed by atoms with Crippen LogP contribution in [-0.2, 0) is 0 Å². The second kappa shape index (κ2) is 7.42. The number of fused-ring (bicyclic) bond motifs is 2. The van der Waals surface area contributed by atoms with Gasteiger partial charge >= 0.3 is 0 Å². The Kier molecular flexibility index (Phi) is 4.96. The minimum Gasteiger partial charge on any atom is -0.394 e. The van der Waals surface area contributed by atoms with E-state index in [1.54, 1.807) is 18.2 Å². The molecule has 4 N–H and O–H groups in total. The lowest BCUT2D eigenvalue weighted by atomic mass is 10.1. The van der Waals surface area contributed by atoms with Crippen LogP contribution in [0.4, 0.5) is 0 Å². The summed E-state index contributed by atoms with van der Waals surface area (Å²) in [6.07, 6.45) is -4.76. The van der Waals surface area contributed by atoms with Crippen molar-refractivity contribution in [3.63, 3.8) is 0 Å². The molecular weight excluding hydrogens is 384 g/mol. The summed E-state index contributed by atoms with van der Waals surface area (Å²) in [5.74, 6) is 0. The average molecular weight is 401 g/mol. The van der Waals surface area contributed by atoms with Gasteiger partial charge in [0.15, 0.2) is 5.65 Å². The molecule has 0 bridgehead atoms. The number of rotatable bonds is 5. The topological polar surface area (TPSA) is 125 Å². The molecule has 2 aromatic heterocycles. The predicted molar refractivity (Wildman–Crippen MR) is 103 cm³/mol. The number of hydrogen-bond donors (Lipinski definition) is 4. The lowest BCUT2D eigenvalue weighted by Gasteiger charge is -2.19. The zero-order valence-corrected chi connectivity index (χ0v) is 15.3. The summed E-state index contributed by atoms with van der Waals surface area (Å²) in [6, 6.07) is 14.2. The molecule has 8 nitrogen and oxygen atoms in total. The third-order valence-corrected chi connectivity index (χ3v) is 4.68. The van der Waals surface area contributed by atoms with Crippen molar-refractivity contribution in [2.45, 2.75) is 18.3 Å². The molecule has 3 atom stereocenters. The van der Waals surface area contributed by atoms with Crippen LogP contribution in [-0.4, -0.2) is 59.0 Å². The zero-order valence-electron chi connectivity index (χ0n) is 14.5. The Morgan fingerprint density at radius 2 is 1.71 bits per heavy atom. The van der Waals surface area contributed by atoms with Gasteiger partial charge in [-0.05, 0) is 30.3 Å². The van der Waals surface area contributed by atoms with Crippen molar-refractivity contribution in [3.05, 3.63) is 59.2 Å². The van der Waals surface area contributed by atoms with Crippen molar-refractivity contribution in [3.8, 4) is 5.69 Å². The van der Waals surface area contributed by atoms with E-state index in [0.29, 0.717) is 27.4 Å². The SMILES string of the molecule is OCC(O)C(O)C(O)c1nn(-c2ccccc2)c2nc3ccc(Cl)cc3nc12. The van der Waals surface area contributed by atoms with Crippen LogP contribution in [0.5, 0.6) is 0 Å². The van der Waals surface area contributed by atoms with E-state index < -0.39 is 24.9 Å². The van der Waals surface area contributed by atoms with E-state index in [2.05, 4.69) is 15.1 Å². The van der Waals surface area contributed by atoms with Crippen LogP contribution in [0.25, 0.3) is 27.9 Å². The fourth-order valence-corrected chi connectivity index (χ4v) is 3.14. The fourth-order valence-electron chi connectivity index (χ4n) is 2.97. The number of nitrogens with zero attached hydrogens (tertiary/aromatic N) is 4. The van der Waals surface area contributed by atoms with Gasteiger partial charge in [-0.3, -0.25) is 0 Å². The smallest absolute Gasteiger partial charge is 0.182 e. The third-order valence-electron chi connectivity index (χ3n) is 4.44. The summed E-state index contributed by atoms with van der Waals surface area (Å²) in [5.41, 5.74) is 2.44. The maximum atomic E-state index is 10.6. The van der Waals surface area contributed by atoms with E-state index in [1.165, 1.54) is 4.68 Å². The van der Waals surface area contributed by atoms with Crippen molar-refractivity contribution in [1.29, 1.82) is 0 Å². The van der Waals surface area contributed by atoms with Crippen molar-refractivity contribution < 1.29 is 20.4 Å². The van der Waals surface area contributed by atoms with Gasteiger partial charge in [-0.15, -0.1) is 0 Å². The molecule has 0 fully saturated rings. The van der Waals surface area contributed by atoms with Crippen LogP contribution >= 0.6 is 11.6 Å². The average Bonchev–Trinajstić information content (AvgIpc) is 3.09. The maximum Gasteiger partial charge on any atom is 0.182 e. The minimum atomic E-state index is -1.65. The lowest BCUT2D eigenvalue weighted by Crippen LogP contribution is -2.35. The van der Waals surface area contributed by atoms with E-state index in [0.717, 1.165) is 0 Å². The van der Waals surface area contributed by atoms with E-state index in [4.69, 9.17) is 16.7 Å². The van der Waals surface area contributed by atoms with Crippen LogP contribution in [0.3, 0.4) is 0 Å². The van der Waals surface area contributed by atoms with E-state index >= 15 is 0 Å². The molecule has 0 spiro atoms. The number of aliphatic hydroxyl groups is 4. The van der Waals surface area contributed by atoms with E-state index in [-0.39, 0.29) is 11.2 Å². The van der Waals surface area contributed by atoms with Gasteiger partial charge in [0.25, 0.3) is 0 Å². The first-order valence-electron chi connectivity index (χ1n) is 8.56. The highest BCUT2D eigenvalue weighted by molar-refractivity contribution is 6.31. The summed E-state index contributed by atoms with van der Waals surface area (Å²) < 4.78 is 1.51. The highest BCUT2D eigenvalue weighted by atomic mass is 35.5. The Bertz CT molecular complexity index is 1140. The molecule has 9 heteroatoms.